The monoisotopic (exact) mass is 340 g/mol. The van der Waals surface area contributed by atoms with Gasteiger partial charge in [-0.2, -0.15) is 0 Å². The molecule has 2 rings (SSSR count). The summed E-state index contributed by atoms with van der Waals surface area (Å²) in [6.07, 6.45) is 2.12. The minimum Gasteiger partial charge on any atom is -0.381 e. The van der Waals surface area contributed by atoms with Crippen LogP contribution in [-0.4, -0.2) is 53.2 Å². The summed E-state index contributed by atoms with van der Waals surface area (Å²) < 4.78 is 32.6. The van der Waals surface area contributed by atoms with Crippen molar-refractivity contribution in [1.82, 2.24) is 9.62 Å². The van der Waals surface area contributed by atoms with E-state index in [4.69, 9.17) is 4.74 Å². The van der Waals surface area contributed by atoms with Crippen LogP contribution in [0.15, 0.2) is 29.2 Å². The summed E-state index contributed by atoms with van der Waals surface area (Å²) in [4.78, 5) is 2.52. The molecule has 130 valence electrons. The highest BCUT2D eigenvalue weighted by Crippen LogP contribution is 2.30. The van der Waals surface area contributed by atoms with Crippen LogP contribution >= 0.6 is 0 Å². The van der Waals surface area contributed by atoms with E-state index < -0.39 is 10.0 Å². The molecule has 0 radical (unpaired) electrons. The van der Waals surface area contributed by atoms with Crippen molar-refractivity contribution >= 4 is 10.0 Å². The van der Waals surface area contributed by atoms with E-state index in [0.29, 0.717) is 18.0 Å². The lowest BCUT2D eigenvalue weighted by molar-refractivity contribution is 0.00922. The third-order valence-corrected chi connectivity index (χ3v) is 5.95. The van der Waals surface area contributed by atoms with Gasteiger partial charge in [0.05, 0.1) is 4.90 Å². The van der Waals surface area contributed by atoms with Crippen molar-refractivity contribution in [3.05, 3.63) is 29.8 Å². The zero-order chi connectivity index (χ0) is 16.9. The lowest BCUT2D eigenvalue weighted by atomic mass is 9.82. The fraction of sp³-hybridized carbons (Fsp3) is 0.647. The molecule has 1 aromatic carbocycles. The van der Waals surface area contributed by atoms with Crippen molar-refractivity contribution in [3.63, 3.8) is 0 Å². The van der Waals surface area contributed by atoms with Gasteiger partial charge in [0.15, 0.2) is 0 Å². The van der Waals surface area contributed by atoms with Crippen LogP contribution in [0.25, 0.3) is 0 Å². The number of sulfonamides is 1. The van der Waals surface area contributed by atoms with E-state index in [-0.39, 0.29) is 5.41 Å². The predicted molar refractivity (Wildman–Crippen MR) is 92.0 cm³/mol. The topological polar surface area (TPSA) is 58.6 Å². The summed E-state index contributed by atoms with van der Waals surface area (Å²) in [7, 11) is -1.38. The largest absolute Gasteiger partial charge is 0.381 e. The molecule has 0 spiro atoms. The molecule has 0 unspecified atom stereocenters. The Labute approximate surface area is 140 Å². The Kier molecular flexibility index (Phi) is 6.19. The molecular weight excluding hydrogens is 312 g/mol. The third kappa shape index (κ3) is 5.57. The fourth-order valence-corrected chi connectivity index (χ4v) is 3.95. The molecule has 23 heavy (non-hydrogen) atoms. The van der Waals surface area contributed by atoms with Crippen molar-refractivity contribution in [2.75, 3.05) is 39.9 Å². The maximum atomic E-state index is 12.2. The summed E-state index contributed by atoms with van der Waals surface area (Å²) in [5.74, 6) is 0. The number of hydrogen-bond acceptors (Lipinski definition) is 4. The fourth-order valence-electron chi connectivity index (χ4n) is 2.92. The van der Waals surface area contributed by atoms with Crippen LogP contribution < -0.4 is 4.72 Å². The molecule has 1 saturated heterocycles. The molecule has 5 nitrogen and oxygen atoms in total. The average molecular weight is 340 g/mol. The van der Waals surface area contributed by atoms with Crippen LogP contribution in [0.1, 0.15) is 25.3 Å². The van der Waals surface area contributed by atoms with E-state index in [9.17, 15) is 8.42 Å². The molecule has 1 aliphatic rings. The Balaban J connectivity index is 1.80. The first-order chi connectivity index (χ1) is 10.8. The van der Waals surface area contributed by atoms with Gasteiger partial charge >= 0.3 is 0 Å². The van der Waals surface area contributed by atoms with E-state index in [1.165, 1.54) is 0 Å². The van der Waals surface area contributed by atoms with Crippen LogP contribution in [0.4, 0.5) is 0 Å². The molecule has 1 fully saturated rings. The van der Waals surface area contributed by atoms with Crippen molar-refractivity contribution < 1.29 is 13.2 Å². The second-order valence-electron chi connectivity index (χ2n) is 6.87. The van der Waals surface area contributed by atoms with E-state index >= 15 is 0 Å². The Morgan fingerprint density at radius 3 is 2.43 bits per heavy atom. The lowest BCUT2D eigenvalue weighted by Crippen LogP contribution is -2.41. The Hall–Kier alpha value is -0.950. The first kappa shape index (κ1) is 18.4. The number of rotatable bonds is 7. The number of nitrogens with zero attached hydrogens (tertiary/aromatic N) is 1. The van der Waals surface area contributed by atoms with Crippen LogP contribution in [0.5, 0.6) is 0 Å². The van der Waals surface area contributed by atoms with Crippen molar-refractivity contribution in [3.8, 4) is 0 Å². The number of nitrogens with one attached hydrogen (secondary N) is 1. The lowest BCUT2D eigenvalue weighted by Gasteiger charge is -2.36. The molecular formula is C17H28N2O3S. The first-order valence-corrected chi connectivity index (χ1v) is 9.62. The highest BCUT2D eigenvalue weighted by atomic mass is 32.2. The molecule has 1 aliphatic heterocycles. The minimum atomic E-state index is -3.42. The van der Waals surface area contributed by atoms with E-state index in [1.807, 2.05) is 26.1 Å². The number of aryl methyl sites for hydroxylation is 1. The highest BCUT2D eigenvalue weighted by Gasteiger charge is 2.28. The second kappa shape index (κ2) is 7.75. The molecule has 1 N–H and O–H groups in total. The van der Waals surface area contributed by atoms with Gasteiger partial charge in [-0.05, 0) is 44.4 Å². The zero-order valence-electron chi connectivity index (χ0n) is 14.3. The number of likely N-dealkylation sites (N-methyl/N-ethyl adjacent to an activating group) is 1. The molecule has 6 heteroatoms. The van der Waals surface area contributed by atoms with Gasteiger partial charge in [-0.1, -0.05) is 24.6 Å². The quantitative estimate of drug-likeness (QED) is 0.825. The summed E-state index contributed by atoms with van der Waals surface area (Å²) in [6, 6.07) is 6.91. The Morgan fingerprint density at radius 2 is 1.83 bits per heavy atom. The standard InChI is InChI=1S/C17H28N2O3S/c1-15-4-6-16(7-5-15)23(20,21)18-10-11-19(3)14-17(2)8-12-22-13-9-17/h4-7,18H,8-14H2,1-3H3. The maximum absolute atomic E-state index is 12.2. The van der Waals surface area contributed by atoms with Gasteiger partial charge in [-0.25, -0.2) is 13.1 Å². The van der Waals surface area contributed by atoms with Gasteiger partial charge < -0.3 is 9.64 Å². The smallest absolute Gasteiger partial charge is 0.240 e. The van der Waals surface area contributed by atoms with Gasteiger partial charge in [0.1, 0.15) is 0 Å². The highest BCUT2D eigenvalue weighted by molar-refractivity contribution is 7.89. The van der Waals surface area contributed by atoms with Crippen LogP contribution in [0.3, 0.4) is 0 Å². The molecule has 0 aromatic heterocycles. The molecule has 1 heterocycles. The van der Waals surface area contributed by atoms with E-state index in [1.54, 1.807) is 12.1 Å². The van der Waals surface area contributed by atoms with Crippen LogP contribution in [0, 0.1) is 12.3 Å². The SMILES string of the molecule is Cc1ccc(S(=O)(=O)NCCN(C)CC2(C)CCOCC2)cc1. The molecule has 0 atom stereocenters. The van der Waals surface area contributed by atoms with Gasteiger partial charge in [0, 0.05) is 32.8 Å². The second-order valence-corrected chi connectivity index (χ2v) is 8.64. The van der Waals surface area contributed by atoms with E-state index in [2.05, 4.69) is 16.5 Å². The van der Waals surface area contributed by atoms with Crippen molar-refractivity contribution in [2.45, 2.75) is 31.6 Å². The minimum absolute atomic E-state index is 0.267. The molecule has 0 bridgehead atoms. The van der Waals surface area contributed by atoms with Crippen molar-refractivity contribution in [2.24, 2.45) is 5.41 Å². The summed E-state index contributed by atoms with van der Waals surface area (Å²) in [6.45, 7) is 7.94. The van der Waals surface area contributed by atoms with Crippen molar-refractivity contribution in [1.29, 1.82) is 0 Å². The maximum Gasteiger partial charge on any atom is 0.240 e. The third-order valence-electron chi connectivity index (χ3n) is 4.47. The average Bonchev–Trinajstić information content (AvgIpc) is 2.47. The van der Waals surface area contributed by atoms with Crippen LogP contribution in [-0.2, 0) is 14.8 Å². The Bertz CT molecular complexity index is 593. The van der Waals surface area contributed by atoms with Gasteiger partial charge in [-0.15, -0.1) is 0 Å². The number of ether oxygens (including phenoxy) is 1. The summed E-state index contributed by atoms with van der Waals surface area (Å²) in [5, 5.41) is 0. The first-order valence-electron chi connectivity index (χ1n) is 8.13. The summed E-state index contributed by atoms with van der Waals surface area (Å²) >= 11 is 0. The van der Waals surface area contributed by atoms with Gasteiger partial charge in [0.2, 0.25) is 10.0 Å². The van der Waals surface area contributed by atoms with Crippen LogP contribution in [0.2, 0.25) is 0 Å². The number of hydrogen-bond donors (Lipinski definition) is 1. The molecule has 0 amide bonds. The molecule has 0 saturated carbocycles. The molecule has 0 aliphatic carbocycles. The normalized spacial score (nSPS) is 18.3. The Morgan fingerprint density at radius 1 is 1.22 bits per heavy atom. The summed E-state index contributed by atoms with van der Waals surface area (Å²) in [5.41, 5.74) is 1.32. The molecule has 1 aromatic rings. The predicted octanol–water partition coefficient (Wildman–Crippen LogP) is 2.02. The van der Waals surface area contributed by atoms with Gasteiger partial charge in [0.25, 0.3) is 0 Å². The number of benzene rings is 1. The zero-order valence-corrected chi connectivity index (χ0v) is 15.2. The van der Waals surface area contributed by atoms with Gasteiger partial charge in [-0.3, -0.25) is 0 Å². The van der Waals surface area contributed by atoms with E-state index in [0.717, 1.165) is 38.2 Å².